The Morgan fingerprint density at radius 1 is 0.805 bits per heavy atom. The first-order chi connectivity index (χ1) is 19.6. The number of ether oxygens (including phenoxy) is 3. The topological polar surface area (TPSA) is 47.9 Å². The molecule has 0 spiro atoms. The Labute approximate surface area is 243 Å². The minimum Gasteiger partial charge on any atom is -0.499 e. The summed E-state index contributed by atoms with van der Waals surface area (Å²) in [5, 5.41) is 11.1. The van der Waals surface area contributed by atoms with Gasteiger partial charge in [-0.3, -0.25) is 0 Å². The van der Waals surface area contributed by atoms with Gasteiger partial charge in [-0.1, -0.05) is 23.5 Å². The van der Waals surface area contributed by atoms with Crippen molar-refractivity contribution >= 4 is 33.2 Å². The fourth-order valence-electron chi connectivity index (χ4n) is 4.00. The maximum atomic E-state index is 12.9. The number of hydrogen-bond donors (Lipinski definition) is 1. The Kier molecular flexibility index (Phi) is 10.2. The van der Waals surface area contributed by atoms with Gasteiger partial charge in [0.05, 0.1) is 13.7 Å². The third-order valence-corrected chi connectivity index (χ3v) is 8.26. The van der Waals surface area contributed by atoms with E-state index in [-0.39, 0.29) is 17.2 Å². The number of benzene rings is 3. The summed E-state index contributed by atoms with van der Waals surface area (Å²) in [4.78, 5) is 0. The van der Waals surface area contributed by atoms with Gasteiger partial charge in [0.15, 0.2) is 5.06 Å². The van der Waals surface area contributed by atoms with E-state index in [4.69, 9.17) is 14.2 Å². The summed E-state index contributed by atoms with van der Waals surface area (Å²) in [6, 6.07) is 20.4. The number of rotatable bonds is 14. The monoisotopic (exact) mass is 612 g/mol. The third-order valence-electron chi connectivity index (χ3n) is 6.20. The zero-order valence-electron chi connectivity index (χ0n) is 22.2. The van der Waals surface area contributed by atoms with Crippen molar-refractivity contribution in [2.45, 2.75) is 37.8 Å². The van der Waals surface area contributed by atoms with Crippen molar-refractivity contribution < 1.29 is 41.3 Å². The quantitative estimate of drug-likeness (QED) is 0.113. The predicted molar refractivity (Wildman–Crippen MR) is 154 cm³/mol. The summed E-state index contributed by atoms with van der Waals surface area (Å²) in [5.41, 5.74) is 1.81. The van der Waals surface area contributed by atoms with Gasteiger partial charge in [0.25, 0.3) is 0 Å². The van der Waals surface area contributed by atoms with E-state index in [0.29, 0.717) is 29.6 Å². The van der Waals surface area contributed by atoms with Crippen molar-refractivity contribution in [2.75, 3.05) is 25.2 Å². The Morgan fingerprint density at radius 3 is 2.15 bits per heavy atom. The molecule has 0 aliphatic carbocycles. The van der Waals surface area contributed by atoms with Crippen LogP contribution in [0.25, 0.3) is 21.2 Å². The molecule has 41 heavy (non-hydrogen) atoms. The Hall–Kier alpha value is -3.18. The first kappa shape index (κ1) is 30.8. The molecule has 0 bridgehead atoms. The second kappa shape index (κ2) is 13.7. The van der Waals surface area contributed by atoms with Crippen LogP contribution in [0.5, 0.6) is 28.1 Å². The molecule has 0 aliphatic rings. The fourth-order valence-corrected chi connectivity index (χ4v) is 5.78. The zero-order chi connectivity index (χ0) is 29.5. The average Bonchev–Trinajstić information content (AvgIpc) is 3.30. The standard InChI is InChI=1S/C30H29F5O4S2/c1-37-22-7-5-20(6-8-22)25-19-27-21(18-28(36)41-27)17-26(25)39-24-11-9-23(10-12-24)38-14-2-3-15-40-16-4-13-29(31,32)30(33,34)35/h5-12,17-19,36H,2-4,13-16H2,1H3. The lowest BCUT2D eigenvalue weighted by molar-refractivity contribution is -0.284. The average molecular weight is 613 g/mol. The summed E-state index contributed by atoms with van der Waals surface area (Å²) in [7, 11) is 1.61. The Morgan fingerprint density at radius 2 is 1.46 bits per heavy atom. The number of methoxy groups -OCH3 is 1. The summed E-state index contributed by atoms with van der Waals surface area (Å²) in [5.74, 6) is -1.05. The fraction of sp³-hybridized carbons (Fsp3) is 0.333. The van der Waals surface area contributed by atoms with Gasteiger partial charge in [-0.05, 0) is 90.9 Å². The summed E-state index contributed by atoms with van der Waals surface area (Å²) >= 11 is 2.66. The molecule has 0 saturated carbocycles. The van der Waals surface area contributed by atoms with Gasteiger partial charge in [0.1, 0.15) is 23.0 Å². The van der Waals surface area contributed by atoms with Gasteiger partial charge in [0.2, 0.25) is 0 Å². The van der Waals surface area contributed by atoms with Crippen molar-refractivity contribution in [1.82, 2.24) is 0 Å². The molecule has 0 unspecified atom stereocenters. The van der Waals surface area contributed by atoms with Crippen LogP contribution >= 0.6 is 23.1 Å². The summed E-state index contributed by atoms with van der Waals surface area (Å²) in [6.45, 7) is 0.451. The van der Waals surface area contributed by atoms with E-state index < -0.39 is 18.5 Å². The second-order valence-electron chi connectivity index (χ2n) is 9.25. The van der Waals surface area contributed by atoms with Crippen LogP contribution < -0.4 is 14.2 Å². The van der Waals surface area contributed by atoms with Gasteiger partial charge in [0, 0.05) is 22.1 Å². The molecule has 220 valence electrons. The normalized spacial score (nSPS) is 12.0. The maximum absolute atomic E-state index is 12.9. The first-order valence-electron chi connectivity index (χ1n) is 12.9. The molecule has 0 atom stereocenters. The molecule has 1 N–H and O–H groups in total. The zero-order valence-corrected chi connectivity index (χ0v) is 23.8. The number of unbranched alkanes of at least 4 members (excludes halogenated alkanes) is 1. The van der Waals surface area contributed by atoms with Crippen LogP contribution in [0.3, 0.4) is 0 Å². The van der Waals surface area contributed by atoms with E-state index in [1.165, 1.54) is 23.1 Å². The second-order valence-corrected chi connectivity index (χ2v) is 11.5. The lowest BCUT2D eigenvalue weighted by Crippen LogP contribution is -2.36. The Bertz CT molecular complexity index is 1400. The lowest BCUT2D eigenvalue weighted by Gasteiger charge is -2.19. The van der Waals surface area contributed by atoms with Gasteiger partial charge in [-0.2, -0.15) is 33.7 Å². The van der Waals surface area contributed by atoms with E-state index in [1.54, 1.807) is 37.4 Å². The largest absolute Gasteiger partial charge is 0.499 e. The minimum absolute atomic E-state index is 0.187. The number of alkyl halides is 5. The van der Waals surface area contributed by atoms with Crippen LogP contribution in [0.1, 0.15) is 25.7 Å². The Balaban J connectivity index is 1.26. The first-order valence-corrected chi connectivity index (χ1v) is 14.9. The highest BCUT2D eigenvalue weighted by atomic mass is 32.2. The molecule has 1 aromatic heterocycles. The van der Waals surface area contributed by atoms with Crippen LogP contribution in [0, 0.1) is 0 Å². The van der Waals surface area contributed by atoms with Crippen molar-refractivity contribution in [3.63, 3.8) is 0 Å². The number of fused-ring (bicyclic) bond motifs is 1. The highest BCUT2D eigenvalue weighted by molar-refractivity contribution is 7.99. The number of aromatic hydroxyl groups is 1. The van der Waals surface area contributed by atoms with Crippen LogP contribution in [0.15, 0.2) is 66.7 Å². The smallest absolute Gasteiger partial charge is 0.453 e. The van der Waals surface area contributed by atoms with Gasteiger partial charge in [-0.25, -0.2) is 0 Å². The molecule has 0 amide bonds. The van der Waals surface area contributed by atoms with E-state index >= 15 is 0 Å². The highest BCUT2D eigenvalue weighted by Gasteiger charge is 2.56. The lowest BCUT2D eigenvalue weighted by atomic mass is 10.0. The van der Waals surface area contributed by atoms with Crippen molar-refractivity contribution in [2.24, 2.45) is 0 Å². The van der Waals surface area contributed by atoms with Crippen LogP contribution in [-0.2, 0) is 0 Å². The number of thioether (sulfide) groups is 1. The molecular weight excluding hydrogens is 583 g/mol. The van der Waals surface area contributed by atoms with E-state index in [1.807, 2.05) is 36.4 Å². The molecule has 0 radical (unpaired) electrons. The molecule has 1 heterocycles. The maximum Gasteiger partial charge on any atom is 0.453 e. The van der Waals surface area contributed by atoms with Crippen molar-refractivity contribution in [1.29, 1.82) is 0 Å². The predicted octanol–water partition coefficient (Wildman–Crippen LogP) is 9.94. The van der Waals surface area contributed by atoms with E-state index in [0.717, 1.165) is 39.8 Å². The molecule has 4 rings (SSSR count). The molecule has 4 aromatic rings. The number of thiophene rings is 1. The summed E-state index contributed by atoms with van der Waals surface area (Å²) in [6.07, 6.45) is -5.36. The number of hydrogen-bond acceptors (Lipinski definition) is 6. The van der Waals surface area contributed by atoms with Crippen molar-refractivity contribution in [3.8, 4) is 39.2 Å². The molecule has 3 aromatic carbocycles. The number of halogens is 5. The van der Waals surface area contributed by atoms with Gasteiger partial charge in [-0.15, -0.1) is 0 Å². The van der Waals surface area contributed by atoms with Gasteiger partial charge < -0.3 is 19.3 Å². The molecule has 0 aliphatic heterocycles. The molecule has 0 fully saturated rings. The van der Waals surface area contributed by atoms with Crippen LogP contribution in [0.2, 0.25) is 0 Å². The molecule has 11 heteroatoms. The van der Waals surface area contributed by atoms with E-state index in [2.05, 4.69) is 0 Å². The molecular formula is C30H29F5O4S2. The van der Waals surface area contributed by atoms with Crippen molar-refractivity contribution in [3.05, 3.63) is 66.7 Å². The highest BCUT2D eigenvalue weighted by Crippen LogP contribution is 2.42. The van der Waals surface area contributed by atoms with Gasteiger partial charge >= 0.3 is 12.1 Å². The third kappa shape index (κ3) is 8.42. The SMILES string of the molecule is COc1ccc(-c2cc3sc(O)cc3cc2Oc2ccc(OCCCCSCCCC(F)(F)C(F)(F)F)cc2)cc1. The van der Waals surface area contributed by atoms with Crippen LogP contribution in [0.4, 0.5) is 22.0 Å². The van der Waals surface area contributed by atoms with E-state index in [9.17, 15) is 27.1 Å². The molecule has 4 nitrogen and oxygen atoms in total. The van der Waals surface area contributed by atoms with Crippen LogP contribution in [-0.4, -0.2) is 42.4 Å². The summed E-state index contributed by atoms with van der Waals surface area (Å²) < 4.78 is 80.5. The molecule has 0 saturated heterocycles. The minimum atomic E-state index is -5.48.